The molecule has 0 spiro atoms. The first-order valence-electron chi connectivity index (χ1n) is 8.63. The fraction of sp³-hybridized carbons (Fsp3) is 0.368. The molecule has 2 aromatic heterocycles. The van der Waals surface area contributed by atoms with Crippen molar-refractivity contribution in [1.82, 2.24) is 14.5 Å². The molecular weight excluding hydrogens is 369 g/mol. The maximum Gasteiger partial charge on any atom is 0.227 e. The molecule has 3 rings (SSSR count). The Morgan fingerprint density at radius 3 is 2.74 bits per heavy atom. The summed E-state index contributed by atoms with van der Waals surface area (Å²) in [6, 6.07) is 8.64. The number of nitrogens with zero attached hydrogens (tertiary/aromatic N) is 3. The second kappa shape index (κ2) is 9.16. The molecule has 6 nitrogen and oxygen atoms in total. The van der Waals surface area contributed by atoms with Crippen LogP contribution in [0, 0.1) is 5.82 Å². The van der Waals surface area contributed by atoms with Crippen LogP contribution in [0.15, 0.2) is 35.5 Å². The number of hydrogen-bond donors (Lipinski definition) is 0. The number of aromatic nitrogens is 3. The summed E-state index contributed by atoms with van der Waals surface area (Å²) in [5.41, 5.74) is 2.74. The quantitative estimate of drug-likeness (QED) is 0.182. The topological polar surface area (TPSA) is 58.4 Å². The molecule has 27 heavy (non-hydrogen) atoms. The minimum absolute atomic E-state index is 0.247. The molecule has 0 radical (unpaired) electrons. The second-order valence-corrected chi connectivity index (χ2v) is 6.57. The van der Waals surface area contributed by atoms with E-state index in [2.05, 4.69) is 26.3 Å². The lowest BCUT2D eigenvalue weighted by Crippen LogP contribution is -2.09. The molecule has 0 atom stereocenters. The molecule has 0 bridgehead atoms. The number of halogens is 1. The summed E-state index contributed by atoms with van der Waals surface area (Å²) in [4.78, 5) is 18.6. The Hall–Kier alpha value is -2.16. The lowest BCUT2D eigenvalue weighted by atomic mass is 10.2. The highest BCUT2D eigenvalue weighted by molar-refractivity contribution is 7.98. The number of fused-ring (bicyclic) bond motifs is 1. The van der Waals surface area contributed by atoms with Gasteiger partial charge in [-0.25, -0.2) is 19.1 Å². The van der Waals surface area contributed by atoms with Gasteiger partial charge in [0.15, 0.2) is 5.16 Å². The van der Waals surface area contributed by atoms with Crippen molar-refractivity contribution in [2.24, 2.45) is 0 Å². The van der Waals surface area contributed by atoms with Crippen molar-refractivity contribution < 1.29 is 18.9 Å². The molecule has 0 aliphatic heterocycles. The molecule has 0 aliphatic rings. The SMILES string of the molecule is CCc1cc2c(OCCOOC)nc(SC)nc2n1Cc1cccc(F)c1. The van der Waals surface area contributed by atoms with Crippen molar-refractivity contribution in [2.75, 3.05) is 26.6 Å². The van der Waals surface area contributed by atoms with Gasteiger partial charge in [-0.3, -0.25) is 0 Å². The standard InChI is InChI=1S/C19H22FN3O3S/c1-4-15-11-16-17(23(15)12-13-6-5-7-14(20)10-13)21-19(27-3)22-18(16)25-8-9-26-24-2/h5-7,10-11H,4,8-9,12H2,1-3H3. The average molecular weight is 391 g/mol. The summed E-state index contributed by atoms with van der Waals surface area (Å²) in [6.45, 7) is 3.21. The van der Waals surface area contributed by atoms with E-state index < -0.39 is 0 Å². The van der Waals surface area contributed by atoms with Gasteiger partial charge < -0.3 is 9.30 Å². The third-order valence-corrected chi connectivity index (χ3v) is 4.63. The number of hydrogen-bond acceptors (Lipinski definition) is 6. The van der Waals surface area contributed by atoms with Gasteiger partial charge >= 0.3 is 0 Å². The normalized spacial score (nSPS) is 11.3. The first kappa shape index (κ1) is 19.6. The molecule has 8 heteroatoms. The summed E-state index contributed by atoms with van der Waals surface area (Å²) < 4.78 is 21.5. The number of benzene rings is 1. The van der Waals surface area contributed by atoms with E-state index in [9.17, 15) is 4.39 Å². The van der Waals surface area contributed by atoms with E-state index in [0.717, 1.165) is 28.7 Å². The zero-order valence-electron chi connectivity index (χ0n) is 15.6. The van der Waals surface area contributed by atoms with Crippen LogP contribution in [0.25, 0.3) is 11.0 Å². The van der Waals surface area contributed by atoms with Gasteiger partial charge in [0.1, 0.15) is 24.7 Å². The van der Waals surface area contributed by atoms with Crippen LogP contribution in [-0.2, 0) is 22.7 Å². The fourth-order valence-corrected chi connectivity index (χ4v) is 3.23. The molecule has 0 saturated carbocycles. The number of aryl methyl sites for hydroxylation is 1. The number of rotatable bonds is 9. The Kier molecular flexibility index (Phi) is 6.65. The summed E-state index contributed by atoms with van der Waals surface area (Å²) in [7, 11) is 1.45. The average Bonchev–Trinajstić information content (AvgIpc) is 3.02. The third-order valence-electron chi connectivity index (χ3n) is 4.08. The van der Waals surface area contributed by atoms with Crippen LogP contribution < -0.4 is 4.74 Å². The Balaban J connectivity index is 2.01. The molecule has 1 aromatic carbocycles. The van der Waals surface area contributed by atoms with Crippen molar-refractivity contribution in [3.05, 3.63) is 47.4 Å². The molecule has 0 fully saturated rings. The van der Waals surface area contributed by atoms with Crippen molar-refractivity contribution in [1.29, 1.82) is 0 Å². The minimum Gasteiger partial charge on any atom is -0.474 e. The lowest BCUT2D eigenvalue weighted by Gasteiger charge is -2.11. The maximum absolute atomic E-state index is 13.6. The van der Waals surface area contributed by atoms with Crippen LogP contribution >= 0.6 is 11.8 Å². The summed E-state index contributed by atoms with van der Waals surface area (Å²) in [5.74, 6) is 0.264. The van der Waals surface area contributed by atoms with Gasteiger partial charge in [-0.05, 0) is 36.4 Å². The molecule has 0 aliphatic carbocycles. The summed E-state index contributed by atoms with van der Waals surface area (Å²) in [5, 5.41) is 1.45. The van der Waals surface area contributed by atoms with E-state index in [-0.39, 0.29) is 5.82 Å². The van der Waals surface area contributed by atoms with Crippen molar-refractivity contribution in [2.45, 2.75) is 25.0 Å². The minimum atomic E-state index is -0.247. The fourth-order valence-electron chi connectivity index (χ4n) is 2.88. The Morgan fingerprint density at radius 2 is 2.04 bits per heavy atom. The zero-order valence-corrected chi connectivity index (χ0v) is 16.4. The van der Waals surface area contributed by atoms with Crippen LogP contribution in [0.2, 0.25) is 0 Å². The van der Waals surface area contributed by atoms with Crippen molar-refractivity contribution in [3.63, 3.8) is 0 Å². The largest absolute Gasteiger partial charge is 0.474 e. The Labute approximate surface area is 161 Å². The summed E-state index contributed by atoms with van der Waals surface area (Å²) >= 11 is 1.44. The second-order valence-electron chi connectivity index (χ2n) is 5.80. The lowest BCUT2D eigenvalue weighted by molar-refractivity contribution is -0.275. The summed E-state index contributed by atoms with van der Waals surface area (Å²) in [6.07, 6.45) is 2.73. The highest BCUT2D eigenvalue weighted by Crippen LogP contribution is 2.29. The predicted molar refractivity (Wildman–Crippen MR) is 103 cm³/mol. The molecule has 144 valence electrons. The van der Waals surface area contributed by atoms with E-state index in [1.54, 1.807) is 12.1 Å². The predicted octanol–water partition coefficient (Wildman–Crippen LogP) is 3.86. The molecule has 0 unspecified atom stereocenters. The van der Waals surface area contributed by atoms with E-state index in [4.69, 9.17) is 9.62 Å². The number of thioether (sulfide) groups is 1. The van der Waals surface area contributed by atoms with Gasteiger partial charge in [0.05, 0.1) is 12.5 Å². The third kappa shape index (κ3) is 4.58. The molecular formula is C19H22FN3O3S. The van der Waals surface area contributed by atoms with Gasteiger partial charge in [0.2, 0.25) is 5.88 Å². The first-order valence-corrected chi connectivity index (χ1v) is 9.85. The molecule has 2 heterocycles. The van der Waals surface area contributed by atoms with Gasteiger partial charge in [-0.2, -0.15) is 4.98 Å². The zero-order chi connectivity index (χ0) is 19.2. The van der Waals surface area contributed by atoms with Gasteiger partial charge in [0, 0.05) is 12.2 Å². The van der Waals surface area contributed by atoms with Crippen LogP contribution in [-0.4, -0.2) is 41.1 Å². The van der Waals surface area contributed by atoms with Gasteiger partial charge in [-0.1, -0.05) is 30.8 Å². The van der Waals surface area contributed by atoms with E-state index >= 15 is 0 Å². The Morgan fingerprint density at radius 1 is 1.19 bits per heavy atom. The van der Waals surface area contributed by atoms with E-state index in [1.807, 2.05) is 18.4 Å². The van der Waals surface area contributed by atoms with Crippen LogP contribution in [0.1, 0.15) is 18.2 Å². The van der Waals surface area contributed by atoms with E-state index in [1.165, 1.54) is 24.9 Å². The molecule has 0 amide bonds. The van der Waals surface area contributed by atoms with Crippen LogP contribution in [0.5, 0.6) is 5.88 Å². The van der Waals surface area contributed by atoms with Crippen LogP contribution in [0.4, 0.5) is 4.39 Å². The molecule has 3 aromatic rings. The smallest absolute Gasteiger partial charge is 0.227 e. The molecule has 0 N–H and O–H groups in total. The highest BCUT2D eigenvalue weighted by atomic mass is 32.2. The highest BCUT2D eigenvalue weighted by Gasteiger charge is 2.17. The van der Waals surface area contributed by atoms with Crippen molar-refractivity contribution >= 4 is 22.8 Å². The van der Waals surface area contributed by atoms with Gasteiger partial charge in [-0.15, -0.1) is 0 Å². The Bertz CT molecular complexity index is 917. The maximum atomic E-state index is 13.6. The molecule has 0 saturated heterocycles. The first-order chi connectivity index (χ1) is 13.2. The van der Waals surface area contributed by atoms with E-state index in [0.29, 0.717) is 30.8 Å². The van der Waals surface area contributed by atoms with Crippen LogP contribution in [0.3, 0.4) is 0 Å². The van der Waals surface area contributed by atoms with Crippen molar-refractivity contribution in [3.8, 4) is 5.88 Å². The van der Waals surface area contributed by atoms with Gasteiger partial charge in [0.25, 0.3) is 0 Å². The monoisotopic (exact) mass is 391 g/mol. The number of ether oxygens (including phenoxy) is 1.